The molecule has 2 rings (SSSR count). The minimum absolute atomic E-state index is 0.0386. The minimum Gasteiger partial charge on any atom is -0.396 e. The lowest BCUT2D eigenvalue weighted by Gasteiger charge is -2.03. The molecule has 17 heavy (non-hydrogen) atoms. The Morgan fingerprint density at radius 1 is 1.47 bits per heavy atom. The highest BCUT2D eigenvalue weighted by Crippen LogP contribution is 2.29. The van der Waals surface area contributed by atoms with Crippen molar-refractivity contribution < 1.29 is 10.0 Å². The fraction of sp³-hybridized carbons (Fsp3) is 0.333. The Labute approximate surface area is 98.2 Å². The maximum Gasteiger partial charge on any atom is 0.273 e. The molecule has 0 radical (unpaired) electrons. The lowest BCUT2D eigenvalue weighted by Crippen LogP contribution is -1.97. The SMILES string of the molecule is Cc1cc2c(CCCO)c([N+](=O)[O-])ccc2[nH]1. The molecule has 0 atom stereocenters. The monoisotopic (exact) mass is 234 g/mol. The van der Waals surface area contributed by atoms with Crippen LogP contribution in [0.2, 0.25) is 0 Å². The zero-order valence-electron chi connectivity index (χ0n) is 9.56. The maximum atomic E-state index is 11.0. The van der Waals surface area contributed by atoms with Gasteiger partial charge in [-0.15, -0.1) is 0 Å². The smallest absolute Gasteiger partial charge is 0.273 e. The number of hydrogen-bond acceptors (Lipinski definition) is 3. The molecule has 0 saturated heterocycles. The van der Waals surface area contributed by atoms with Gasteiger partial charge in [0.05, 0.1) is 4.92 Å². The van der Waals surface area contributed by atoms with Gasteiger partial charge in [0.25, 0.3) is 5.69 Å². The Morgan fingerprint density at radius 3 is 2.88 bits per heavy atom. The van der Waals surface area contributed by atoms with E-state index in [0.29, 0.717) is 18.4 Å². The second-order valence-electron chi connectivity index (χ2n) is 4.06. The normalized spacial score (nSPS) is 10.9. The molecule has 0 aliphatic carbocycles. The van der Waals surface area contributed by atoms with Gasteiger partial charge >= 0.3 is 0 Å². The van der Waals surface area contributed by atoms with E-state index in [4.69, 9.17) is 5.11 Å². The molecular weight excluding hydrogens is 220 g/mol. The Morgan fingerprint density at radius 2 is 2.24 bits per heavy atom. The molecule has 0 fully saturated rings. The summed E-state index contributed by atoms with van der Waals surface area (Å²) in [5.74, 6) is 0. The standard InChI is InChI=1S/C12H14N2O3/c1-8-7-10-9(3-2-6-15)12(14(16)17)5-4-11(10)13-8/h4-5,7,13,15H,2-3,6H2,1H3. The van der Waals surface area contributed by atoms with Crippen molar-refractivity contribution in [3.05, 3.63) is 39.6 Å². The quantitative estimate of drug-likeness (QED) is 0.629. The number of nitro groups is 1. The molecule has 1 heterocycles. The molecule has 1 aromatic carbocycles. The maximum absolute atomic E-state index is 11.0. The molecule has 0 saturated carbocycles. The van der Waals surface area contributed by atoms with E-state index >= 15 is 0 Å². The van der Waals surface area contributed by atoms with Gasteiger partial charge in [0, 0.05) is 34.8 Å². The number of nitro benzene ring substituents is 1. The Hall–Kier alpha value is -1.88. The number of aromatic nitrogens is 1. The number of aryl methyl sites for hydroxylation is 2. The highest BCUT2D eigenvalue weighted by Gasteiger charge is 2.17. The summed E-state index contributed by atoms with van der Waals surface area (Å²) in [6, 6.07) is 5.16. The fourth-order valence-corrected chi connectivity index (χ4v) is 2.08. The Bertz CT molecular complexity index is 560. The Kier molecular flexibility index (Phi) is 3.10. The van der Waals surface area contributed by atoms with Gasteiger partial charge in [-0.2, -0.15) is 0 Å². The van der Waals surface area contributed by atoms with Gasteiger partial charge < -0.3 is 10.1 Å². The van der Waals surface area contributed by atoms with Gasteiger partial charge in [0.15, 0.2) is 0 Å². The molecular formula is C12H14N2O3. The van der Waals surface area contributed by atoms with Crippen LogP contribution in [0.1, 0.15) is 17.7 Å². The third-order valence-electron chi connectivity index (χ3n) is 2.81. The molecule has 5 heteroatoms. The van der Waals surface area contributed by atoms with Crippen LogP contribution in [0.15, 0.2) is 18.2 Å². The van der Waals surface area contributed by atoms with Crippen LogP contribution in [0.3, 0.4) is 0 Å². The zero-order chi connectivity index (χ0) is 12.4. The van der Waals surface area contributed by atoms with E-state index in [9.17, 15) is 10.1 Å². The van der Waals surface area contributed by atoms with Crippen molar-refractivity contribution >= 4 is 16.6 Å². The molecule has 90 valence electrons. The highest BCUT2D eigenvalue weighted by atomic mass is 16.6. The predicted octanol–water partition coefficient (Wildman–Crippen LogP) is 2.31. The Balaban J connectivity index is 2.61. The number of rotatable bonds is 4. The van der Waals surface area contributed by atoms with E-state index in [-0.39, 0.29) is 17.2 Å². The topological polar surface area (TPSA) is 79.2 Å². The van der Waals surface area contributed by atoms with Crippen molar-refractivity contribution in [1.29, 1.82) is 0 Å². The van der Waals surface area contributed by atoms with Crippen molar-refractivity contribution in [2.75, 3.05) is 6.61 Å². The average Bonchev–Trinajstić information content (AvgIpc) is 2.65. The van der Waals surface area contributed by atoms with Crippen molar-refractivity contribution in [2.24, 2.45) is 0 Å². The fourth-order valence-electron chi connectivity index (χ4n) is 2.08. The molecule has 0 unspecified atom stereocenters. The molecule has 0 bridgehead atoms. The van der Waals surface area contributed by atoms with E-state index in [2.05, 4.69) is 4.98 Å². The third kappa shape index (κ3) is 2.14. The van der Waals surface area contributed by atoms with Crippen molar-refractivity contribution in [3.8, 4) is 0 Å². The molecule has 0 aliphatic rings. The second-order valence-corrected chi connectivity index (χ2v) is 4.06. The van der Waals surface area contributed by atoms with Crippen LogP contribution in [-0.4, -0.2) is 21.6 Å². The summed E-state index contributed by atoms with van der Waals surface area (Å²) >= 11 is 0. The van der Waals surface area contributed by atoms with Crippen molar-refractivity contribution in [1.82, 2.24) is 4.98 Å². The summed E-state index contributed by atoms with van der Waals surface area (Å²) in [5, 5.41) is 20.7. The zero-order valence-corrected chi connectivity index (χ0v) is 9.56. The van der Waals surface area contributed by atoms with Crippen LogP contribution in [0.25, 0.3) is 10.9 Å². The number of aliphatic hydroxyl groups excluding tert-OH is 1. The molecule has 2 N–H and O–H groups in total. The lowest BCUT2D eigenvalue weighted by atomic mass is 10.0. The van der Waals surface area contributed by atoms with Crippen LogP contribution in [0, 0.1) is 17.0 Å². The molecule has 0 spiro atoms. The first-order valence-electron chi connectivity index (χ1n) is 5.50. The van der Waals surface area contributed by atoms with Crippen LogP contribution < -0.4 is 0 Å². The number of benzene rings is 1. The van der Waals surface area contributed by atoms with Crippen LogP contribution >= 0.6 is 0 Å². The number of aromatic amines is 1. The van der Waals surface area contributed by atoms with Crippen LogP contribution in [0.5, 0.6) is 0 Å². The van der Waals surface area contributed by atoms with E-state index in [0.717, 1.165) is 16.6 Å². The van der Waals surface area contributed by atoms with E-state index in [1.54, 1.807) is 6.07 Å². The number of H-pyrrole nitrogens is 1. The van der Waals surface area contributed by atoms with Crippen LogP contribution in [-0.2, 0) is 6.42 Å². The van der Waals surface area contributed by atoms with E-state index in [1.807, 2.05) is 13.0 Å². The highest BCUT2D eigenvalue weighted by molar-refractivity contribution is 5.87. The van der Waals surface area contributed by atoms with Crippen molar-refractivity contribution in [2.45, 2.75) is 19.8 Å². The van der Waals surface area contributed by atoms with Crippen molar-refractivity contribution in [3.63, 3.8) is 0 Å². The first kappa shape index (κ1) is 11.6. The number of fused-ring (bicyclic) bond motifs is 1. The van der Waals surface area contributed by atoms with Gasteiger partial charge in [0.2, 0.25) is 0 Å². The van der Waals surface area contributed by atoms with E-state index in [1.165, 1.54) is 6.07 Å². The summed E-state index contributed by atoms with van der Waals surface area (Å²) < 4.78 is 0. The van der Waals surface area contributed by atoms with E-state index < -0.39 is 0 Å². The number of hydrogen-bond donors (Lipinski definition) is 2. The summed E-state index contributed by atoms with van der Waals surface area (Å²) in [4.78, 5) is 13.8. The summed E-state index contributed by atoms with van der Waals surface area (Å²) in [7, 11) is 0. The van der Waals surface area contributed by atoms with Gasteiger partial charge in [-0.1, -0.05) is 0 Å². The molecule has 5 nitrogen and oxygen atoms in total. The largest absolute Gasteiger partial charge is 0.396 e. The predicted molar refractivity (Wildman–Crippen MR) is 65.1 cm³/mol. The summed E-state index contributed by atoms with van der Waals surface area (Å²) in [6.07, 6.45) is 1.05. The second kappa shape index (κ2) is 4.55. The first-order valence-corrected chi connectivity index (χ1v) is 5.50. The van der Waals surface area contributed by atoms with Gasteiger partial charge in [0.1, 0.15) is 0 Å². The molecule has 1 aromatic heterocycles. The molecule has 0 amide bonds. The summed E-state index contributed by atoms with van der Waals surface area (Å²) in [5.41, 5.74) is 2.71. The molecule has 2 aromatic rings. The number of nitrogens with one attached hydrogen (secondary N) is 1. The molecule has 0 aliphatic heterocycles. The van der Waals surface area contributed by atoms with Gasteiger partial charge in [-0.05, 0) is 31.9 Å². The van der Waals surface area contributed by atoms with Crippen LogP contribution in [0.4, 0.5) is 5.69 Å². The lowest BCUT2D eigenvalue weighted by molar-refractivity contribution is -0.385. The van der Waals surface area contributed by atoms with Gasteiger partial charge in [-0.25, -0.2) is 0 Å². The number of aliphatic hydroxyl groups is 1. The average molecular weight is 234 g/mol. The third-order valence-corrected chi connectivity index (χ3v) is 2.81. The minimum atomic E-state index is -0.367. The van der Waals surface area contributed by atoms with Gasteiger partial charge in [-0.3, -0.25) is 10.1 Å². The first-order chi connectivity index (χ1) is 8.13. The summed E-state index contributed by atoms with van der Waals surface area (Å²) in [6.45, 7) is 1.96. The number of nitrogens with zero attached hydrogens (tertiary/aromatic N) is 1.